The van der Waals surface area contributed by atoms with Crippen LogP contribution in [0.15, 0.2) is 97.3 Å². The normalized spacial score (nSPS) is 13.4. The van der Waals surface area contributed by atoms with Gasteiger partial charge in [0, 0.05) is 67.3 Å². The van der Waals surface area contributed by atoms with Gasteiger partial charge in [-0.2, -0.15) is 0 Å². The molecule has 1 aliphatic rings. The zero-order valence-electron chi connectivity index (χ0n) is 26.2. The van der Waals surface area contributed by atoms with Crippen LogP contribution in [0.5, 0.6) is 11.6 Å². The number of pyridine rings is 2. The molecule has 236 valence electrons. The summed E-state index contributed by atoms with van der Waals surface area (Å²) in [6.45, 7) is 8.15. The number of aromatic nitrogens is 6. The summed E-state index contributed by atoms with van der Waals surface area (Å²) in [5.41, 5.74) is 4.85. The van der Waals surface area contributed by atoms with Gasteiger partial charge in [0.1, 0.15) is 11.4 Å². The van der Waals surface area contributed by atoms with E-state index in [1.807, 2.05) is 91.9 Å². The molecular formula is C36H36N10O. The molecule has 0 atom stereocenters. The Kier molecular flexibility index (Phi) is 9.16. The van der Waals surface area contributed by atoms with Crippen LogP contribution in [-0.2, 0) is 0 Å². The fourth-order valence-corrected chi connectivity index (χ4v) is 5.61. The minimum Gasteiger partial charge on any atom is -0.438 e. The second-order valence-electron chi connectivity index (χ2n) is 11.4. The molecule has 1 saturated heterocycles. The lowest BCUT2D eigenvalue weighted by atomic mass is 10.1. The van der Waals surface area contributed by atoms with Crippen LogP contribution in [0.25, 0.3) is 33.4 Å². The van der Waals surface area contributed by atoms with Crippen molar-refractivity contribution in [3.8, 4) is 34.3 Å². The quantitative estimate of drug-likeness (QED) is 0.145. The molecule has 5 heterocycles. The first-order chi connectivity index (χ1) is 23.2. The third-order valence-electron chi connectivity index (χ3n) is 8.00. The predicted octanol–water partition coefficient (Wildman–Crippen LogP) is 6.10. The number of hydrogen-bond donors (Lipinski definition) is 3. The monoisotopic (exact) mass is 624 g/mol. The third kappa shape index (κ3) is 7.32. The van der Waals surface area contributed by atoms with Crippen molar-refractivity contribution in [2.45, 2.75) is 13.3 Å². The van der Waals surface area contributed by atoms with Gasteiger partial charge in [-0.05, 0) is 74.5 Å². The summed E-state index contributed by atoms with van der Waals surface area (Å²) in [5.74, 6) is 2.36. The lowest BCUT2D eigenvalue weighted by Crippen LogP contribution is -2.44. The predicted molar refractivity (Wildman–Crippen MR) is 185 cm³/mol. The van der Waals surface area contributed by atoms with Crippen LogP contribution in [0.3, 0.4) is 0 Å². The summed E-state index contributed by atoms with van der Waals surface area (Å²) in [6, 6.07) is 27.4. The van der Waals surface area contributed by atoms with Crippen molar-refractivity contribution in [2.75, 3.05) is 49.9 Å². The van der Waals surface area contributed by atoms with Gasteiger partial charge in [-0.25, -0.2) is 15.0 Å². The summed E-state index contributed by atoms with van der Waals surface area (Å²) in [7, 11) is 0. The average molecular weight is 625 g/mol. The second kappa shape index (κ2) is 14.3. The van der Waals surface area contributed by atoms with Crippen LogP contribution in [0.1, 0.15) is 12.1 Å². The molecule has 0 amide bonds. The first-order valence-electron chi connectivity index (χ1n) is 15.9. The number of nitrogens with zero attached hydrogens (tertiary/aromatic N) is 7. The van der Waals surface area contributed by atoms with Crippen LogP contribution in [0.4, 0.5) is 17.5 Å². The number of fused-ring (bicyclic) bond motifs is 1. The molecular weight excluding hydrogens is 588 g/mol. The molecule has 1 fully saturated rings. The average Bonchev–Trinajstić information content (AvgIpc) is 3.12. The van der Waals surface area contributed by atoms with Gasteiger partial charge in [0.05, 0.1) is 17.0 Å². The Morgan fingerprint density at radius 1 is 0.787 bits per heavy atom. The second-order valence-corrected chi connectivity index (χ2v) is 11.4. The maximum absolute atomic E-state index is 6.25. The fraction of sp³-hybridized carbons (Fsp3) is 0.222. The molecule has 2 aromatic carbocycles. The van der Waals surface area contributed by atoms with E-state index >= 15 is 0 Å². The van der Waals surface area contributed by atoms with E-state index in [0.717, 1.165) is 90.5 Å². The van der Waals surface area contributed by atoms with Crippen molar-refractivity contribution >= 4 is 28.2 Å². The molecule has 47 heavy (non-hydrogen) atoms. The molecule has 0 spiro atoms. The molecule has 0 saturated carbocycles. The minimum atomic E-state index is 0.466. The molecule has 1 aliphatic heterocycles. The zero-order valence-corrected chi connectivity index (χ0v) is 26.2. The van der Waals surface area contributed by atoms with Gasteiger partial charge >= 0.3 is 0 Å². The molecule has 3 N–H and O–H groups in total. The van der Waals surface area contributed by atoms with E-state index in [1.54, 1.807) is 12.4 Å². The molecule has 0 unspecified atom stereocenters. The number of anilines is 3. The van der Waals surface area contributed by atoms with E-state index in [9.17, 15) is 0 Å². The number of rotatable bonds is 11. The Morgan fingerprint density at radius 2 is 1.64 bits per heavy atom. The highest BCUT2D eigenvalue weighted by Crippen LogP contribution is 2.33. The van der Waals surface area contributed by atoms with Crippen LogP contribution >= 0.6 is 0 Å². The summed E-state index contributed by atoms with van der Waals surface area (Å²) < 4.78 is 6.25. The molecule has 7 rings (SSSR count). The van der Waals surface area contributed by atoms with E-state index in [-0.39, 0.29) is 0 Å². The molecule has 11 heteroatoms. The van der Waals surface area contributed by atoms with Crippen molar-refractivity contribution in [1.82, 2.24) is 40.3 Å². The number of aryl methyl sites for hydroxylation is 1. The van der Waals surface area contributed by atoms with E-state index in [1.165, 1.54) is 0 Å². The summed E-state index contributed by atoms with van der Waals surface area (Å²) in [5, 5.41) is 21.2. The standard InChI is InChI=1S/C36H36N10O/c1-25-7-4-11-32(41-25)33-28-8-2-3-9-29(28)34(45-44-33)42-26-12-14-27(15-13-26)47-35-30(10-5-17-38-35)31-16-19-40-36(43-31)39-18-6-22-46-23-20-37-21-24-46/h2-5,7-17,19,37H,6,18,20-24H2,1H3,(H,42,45)(H,39,40,43). The molecule has 0 radical (unpaired) electrons. The number of piperazine rings is 1. The van der Waals surface area contributed by atoms with E-state index in [4.69, 9.17) is 9.72 Å². The van der Waals surface area contributed by atoms with Gasteiger partial charge < -0.3 is 25.6 Å². The lowest BCUT2D eigenvalue weighted by molar-refractivity contribution is 0.240. The third-order valence-corrected chi connectivity index (χ3v) is 8.00. The first kappa shape index (κ1) is 30.2. The molecule has 6 aromatic rings. The maximum Gasteiger partial charge on any atom is 0.228 e. The lowest BCUT2D eigenvalue weighted by Gasteiger charge is -2.27. The van der Waals surface area contributed by atoms with Gasteiger partial charge in [-0.1, -0.05) is 30.3 Å². The Balaban J connectivity index is 1.03. The highest BCUT2D eigenvalue weighted by molar-refractivity contribution is 6.00. The van der Waals surface area contributed by atoms with Crippen molar-refractivity contribution < 1.29 is 4.74 Å². The number of benzene rings is 2. The summed E-state index contributed by atoms with van der Waals surface area (Å²) in [4.78, 5) is 20.8. The number of nitrogens with one attached hydrogen (secondary N) is 3. The van der Waals surface area contributed by atoms with Crippen LogP contribution in [0.2, 0.25) is 0 Å². The van der Waals surface area contributed by atoms with Crippen LogP contribution in [0, 0.1) is 6.92 Å². The van der Waals surface area contributed by atoms with Gasteiger partial charge in [0.15, 0.2) is 5.82 Å². The SMILES string of the molecule is Cc1cccc(-c2nnc(Nc3ccc(Oc4ncccc4-c4ccnc(NCCCN5CCNCC5)n4)cc3)c3ccccc23)n1. The van der Waals surface area contributed by atoms with Gasteiger partial charge in [0.25, 0.3) is 0 Å². The minimum absolute atomic E-state index is 0.466. The number of hydrogen-bond acceptors (Lipinski definition) is 11. The molecule has 11 nitrogen and oxygen atoms in total. The van der Waals surface area contributed by atoms with Crippen LogP contribution < -0.4 is 20.7 Å². The smallest absolute Gasteiger partial charge is 0.228 e. The van der Waals surface area contributed by atoms with Crippen molar-refractivity contribution in [3.05, 3.63) is 103 Å². The summed E-state index contributed by atoms with van der Waals surface area (Å²) in [6.07, 6.45) is 4.50. The van der Waals surface area contributed by atoms with Crippen LogP contribution in [-0.4, -0.2) is 74.3 Å². The Morgan fingerprint density at radius 3 is 2.49 bits per heavy atom. The maximum atomic E-state index is 6.25. The Bertz CT molecular complexity index is 1960. The van der Waals surface area contributed by atoms with Crippen molar-refractivity contribution in [1.29, 1.82) is 0 Å². The topological polar surface area (TPSA) is 126 Å². The fourth-order valence-electron chi connectivity index (χ4n) is 5.61. The highest BCUT2D eigenvalue weighted by Gasteiger charge is 2.14. The first-order valence-corrected chi connectivity index (χ1v) is 15.9. The molecule has 0 aliphatic carbocycles. The zero-order chi connectivity index (χ0) is 31.8. The Hall–Kier alpha value is -5.52. The van der Waals surface area contributed by atoms with Crippen molar-refractivity contribution in [2.24, 2.45) is 0 Å². The van der Waals surface area contributed by atoms with E-state index < -0.39 is 0 Å². The van der Waals surface area contributed by atoms with E-state index in [2.05, 4.69) is 46.0 Å². The van der Waals surface area contributed by atoms with Gasteiger partial charge in [-0.15, -0.1) is 10.2 Å². The van der Waals surface area contributed by atoms with Gasteiger partial charge in [0.2, 0.25) is 11.8 Å². The van der Waals surface area contributed by atoms with Crippen molar-refractivity contribution in [3.63, 3.8) is 0 Å². The van der Waals surface area contributed by atoms with E-state index in [0.29, 0.717) is 23.4 Å². The highest BCUT2D eigenvalue weighted by atomic mass is 16.5. The molecule has 4 aromatic heterocycles. The largest absolute Gasteiger partial charge is 0.438 e. The Labute approximate surface area is 273 Å². The van der Waals surface area contributed by atoms with Gasteiger partial charge in [-0.3, -0.25) is 4.98 Å². The molecule has 0 bridgehead atoms. The number of ether oxygens (including phenoxy) is 1. The summed E-state index contributed by atoms with van der Waals surface area (Å²) >= 11 is 0.